The lowest BCUT2D eigenvalue weighted by atomic mass is 10.1. The zero-order valence-electron chi connectivity index (χ0n) is 13.5. The summed E-state index contributed by atoms with van der Waals surface area (Å²) < 4.78 is 11.4. The molecule has 1 heterocycles. The first-order valence-electron chi connectivity index (χ1n) is 7.70. The smallest absolute Gasteiger partial charge is 0.122 e. The molecule has 1 aliphatic heterocycles. The number of morpholine rings is 1. The van der Waals surface area contributed by atoms with E-state index in [2.05, 4.69) is 31.7 Å². The van der Waals surface area contributed by atoms with Crippen molar-refractivity contribution in [1.82, 2.24) is 4.90 Å². The molecule has 1 fully saturated rings. The van der Waals surface area contributed by atoms with Gasteiger partial charge in [0.1, 0.15) is 18.5 Å². The molecule has 21 heavy (non-hydrogen) atoms. The average Bonchev–Trinajstić information content (AvgIpc) is 2.36. The van der Waals surface area contributed by atoms with E-state index in [4.69, 9.17) is 9.47 Å². The number of ether oxygens (including phenoxy) is 2. The number of aryl methyl sites for hydroxylation is 2. The number of nitrogens with zero attached hydrogens (tertiary/aromatic N) is 1. The molecule has 1 aromatic carbocycles. The molecule has 0 aliphatic carbocycles. The molecule has 0 radical (unpaired) electrons. The molecule has 0 spiro atoms. The Bertz CT molecular complexity index is 453. The first kappa shape index (κ1) is 16.3. The van der Waals surface area contributed by atoms with E-state index in [1.165, 1.54) is 5.56 Å². The van der Waals surface area contributed by atoms with Crippen molar-refractivity contribution in [3.05, 3.63) is 29.3 Å². The Balaban J connectivity index is 1.80. The third-order valence-corrected chi connectivity index (χ3v) is 3.73. The van der Waals surface area contributed by atoms with Crippen LogP contribution < -0.4 is 4.74 Å². The minimum absolute atomic E-state index is 0.223. The lowest BCUT2D eigenvalue weighted by molar-refractivity contribution is -0.0786. The van der Waals surface area contributed by atoms with Gasteiger partial charge >= 0.3 is 0 Å². The highest BCUT2D eigenvalue weighted by molar-refractivity contribution is 5.35. The van der Waals surface area contributed by atoms with E-state index in [1.807, 2.05) is 19.1 Å². The fraction of sp³-hybridized carbons (Fsp3) is 0.647. The van der Waals surface area contributed by atoms with Crippen molar-refractivity contribution in [1.29, 1.82) is 0 Å². The Morgan fingerprint density at radius 1 is 1.29 bits per heavy atom. The van der Waals surface area contributed by atoms with Crippen LogP contribution in [0.4, 0.5) is 0 Å². The van der Waals surface area contributed by atoms with Crippen LogP contribution in [0.25, 0.3) is 0 Å². The van der Waals surface area contributed by atoms with Crippen molar-refractivity contribution in [2.75, 3.05) is 26.2 Å². The maximum absolute atomic E-state index is 10.2. The van der Waals surface area contributed by atoms with Crippen LogP contribution in [-0.2, 0) is 4.74 Å². The van der Waals surface area contributed by atoms with Gasteiger partial charge in [-0.15, -0.1) is 0 Å². The van der Waals surface area contributed by atoms with Crippen molar-refractivity contribution >= 4 is 0 Å². The fourth-order valence-corrected chi connectivity index (χ4v) is 2.93. The Morgan fingerprint density at radius 2 is 1.95 bits per heavy atom. The van der Waals surface area contributed by atoms with Gasteiger partial charge < -0.3 is 14.6 Å². The van der Waals surface area contributed by atoms with Crippen LogP contribution in [0.2, 0.25) is 0 Å². The summed E-state index contributed by atoms with van der Waals surface area (Å²) in [7, 11) is 0. The third kappa shape index (κ3) is 4.99. The molecular weight excluding hydrogens is 266 g/mol. The minimum atomic E-state index is -0.483. The van der Waals surface area contributed by atoms with Gasteiger partial charge in [0.25, 0.3) is 0 Å². The highest BCUT2D eigenvalue weighted by Gasteiger charge is 2.23. The average molecular weight is 293 g/mol. The van der Waals surface area contributed by atoms with Crippen LogP contribution in [0.3, 0.4) is 0 Å². The van der Waals surface area contributed by atoms with E-state index >= 15 is 0 Å². The highest BCUT2D eigenvalue weighted by Crippen LogP contribution is 2.19. The largest absolute Gasteiger partial charge is 0.491 e. The molecule has 3 atom stereocenters. The Morgan fingerprint density at radius 3 is 2.57 bits per heavy atom. The second kappa shape index (κ2) is 7.25. The van der Waals surface area contributed by atoms with Crippen LogP contribution in [-0.4, -0.2) is 54.6 Å². The standard InChI is InChI=1S/C17H27NO3/c1-12-5-6-17(13(2)7-12)20-11-16(19)10-18-8-14(3)21-15(4)9-18/h5-7,14-16,19H,8-11H2,1-4H3. The zero-order valence-corrected chi connectivity index (χ0v) is 13.5. The van der Waals surface area contributed by atoms with Crippen molar-refractivity contribution in [2.45, 2.75) is 46.0 Å². The van der Waals surface area contributed by atoms with Crippen LogP contribution in [0.15, 0.2) is 18.2 Å². The molecule has 4 nitrogen and oxygen atoms in total. The van der Waals surface area contributed by atoms with Gasteiger partial charge in [0.05, 0.1) is 12.2 Å². The number of aliphatic hydroxyl groups excluding tert-OH is 1. The molecule has 2 rings (SSSR count). The monoisotopic (exact) mass is 293 g/mol. The van der Waals surface area contributed by atoms with E-state index in [0.29, 0.717) is 13.2 Å². The predicted molar refractivity (Wildman–Crippen MR) is 83.9 cm³/mol. The van der Waals surface area contributed by atoms with Crippen molar-refractivity contribution in [3.63, 3.8) is 0 Å². The lowest BCUT2D eigenvalue weighted by Gasteiger charge is -2.36. The molecule has 3 unspecified atom stereocenters. The minimum Gasteiger partial charge on any atom is -0.491 e. The number of hydrogen-bond acceptors (Lipinski definition) is 4. The Hall–Kier alpha value is -1.10. The number of hydrogen-bond donors (Lipinski definition) is 1. The van der Waals surface area contributed by atoms with Gasteiger partial charge in [-0.2, -0.15) is 0 Å². The topological polar surface area (TPSA) is 41.9 Å². The Labute approximate surface area is 127 Å². The number of β-amino-alcohol motifs (C(OH)–C–C–N with tert-alkyl or cyclic N) is 1. The molecule has 0 bridgehead atoms. The molecule has 1 aromatic rings. The number of rotatable bonds is 5. The van der Waals surface area contributed by atoms with Gasteiger partial charge in [0, 0.05) is 19.6 Å². The molecule has 0 aromatic heterocycles. The Kier molecular flexibility index (Phi) is 5.62. The molecule has 1 N–H and O–H groups in total. The van der Waals surface area contributed by atoms with E-state index in [0.717, 1.165) is 24.4 Å². The summed E-state index contributed by atoms with van der Waals surface area (Å²) in [4.78, 5) is 2.24. The molecule has 4 heteroatoms. The maximum Gasteiger partial charge on any atom is 0.122 e. The van der Waals surface area contributed by atoms with Gasteiger partial charge in [-0.25, -0.2) is 0 Å². The lowest BCUT2D eigenvalue weighted by Crippen LogP contribution is -2.48. The second-order valence-corrected chi connectivity index (χ2v) is 6.21. The first-order chi connectivity index (χ1) is 9.94. The molecule has 118 valence electrons. The molecule has 0 amide bonds. The van der Waals surface area contributed by atoms with Crippen LogP contribution in [0, 0.1) is 13.8 Å². The summed E-state index contributed by atoms with van der Waals surface area (Å²) in [6, 6.07) is 6.09. The number of aliphatic hydroxyl groups is 1. The van der Waals surface area contributed by atoms with Crippen molar-refractivity contribution in [3.8, 4) is 5.75 Å². The van der Waals surface area contributed by atoms with Gasteiger partial charge in [-0.3, -0.25) is 4.90 Å². The van der Waals surface area contributed by atoms with Gasteiger partial charge in [-0.1, -0.05) is 17.7 Å². The number of benzene rings is 1. The van der Waals surface area contributed by atoms with Crippen LogP contribution in [0.5, 0.6) is 5.75 Å². The predicted octanol–water partition coefficient (Wildman–Crippen LogP) is 2.15. The maximum atomic E-state index is 10.2. The SMILES string of the molecule is Cc1ccc(OCC(O)CN2CC(C)OC(C)C2)c(C)c1. The second-order valence-electron chi connectivity index (χ2n) is 6.21. The quantitative estimate of drug-likeness (QED) is 0.903. The third-order valence-electron chi connectivity index (χ3n) is 3.73. The van der Waals surface area contributed by atoms with Gasteiger partial charge in [-0.05, 0) is 39.3 Å². The molecular formula is C17H27NO3. The molecule has 0 saturated carbocycles. The van der Waals surface area contributed by atoms with Crippen molar-refractivity contribution < 1.29 is 14.6 Å². The summed E-state index contributed by atoms with van der Waals surface area (Å²) in [5.74, 6) is 0.850. The van der Waals surface area contributed by atoms with E-state index in [-0.39, 0.29) is 12.2 Å². The van der Waals surface area contributed by atoms with Gasteiger partial charge in [0.15, 0.2) is 0 Å². The summed E-state index contributed by atoms with van der Waals surface area (Å²) in [5, 5.41) is 10.2. The van der Waals surface area contributed by atoms with Crippen LogP contribution >= 0.6 is 0 Å². The zero-order chi connectivity index (χ0) is 15.4. The highest BCUT2D eigenvalue weighted by atomic mass is 16.5. The molecule has 1 aliphatic rings. The molecule has 1 saturated heterocycles. The summed E-state index contributed by atoms with van der Waals surface area (Å²) in [6.45, 7) is 10.9. The van der Waals surface area contributed by atoms with E-state index in [1.54, 1.807) is 0 Å². The first-order valence-corrected chi connectivity index (χ1v) is 7.70. The van der Waals surface area contributed by atoms with E-state index < -0.39 is 6.10 Å². The van der Waals surface area contributed by atoms with Gasteiger partial charge in [0.2, 0.25) is 0 Å². The summed E-state index contributed by atoms with van der Waals surface area (Å²) in [5.41, 5.74) is 2.33. The summed E-state index contributed by atoms with van der Waals surface area (Å²) in [6.07, 6.45) is -0.0365. The van der Waals surface area contributed by atoms with E-state index in [9.17, 15) is 5.11 Å². The van der Waals surface area contributed by atoms with Crippen LogP contribution in [0.1, 0.15) is 25.0 Å². The normalized spacial score (nSPS) is 24.8. The summed E-state index contributed by atoms with van der Waals surface area (Å²) >= 11 is 0. The van der Waals surface area contributed by atoms with Crippen molar-refractivity contribution in [2.24, 2.45) is 0 Å². The fourth-order valence-electron chi connectivity index (χ4n) is 2.93.